The molecule has 0 spiro atoms. The van der Waals surface area contributed by atoms with Crippen LogP contribution in [-0.4, -0.2) is 46.6 Å². The van der Waals surface area contributed by atoms with Gasteiger partial charge in [0.05, 0.1) is 11.7 Å². The van der Waals surface area contributed by atoms with Crippen molar-refractivity contribution < 1.29 is 9.90 Å². The molecule has 1 atom stereocenters. The number of carbonyl (C=O) groups excluding carboxylic acids is 1. The van der Waals surface area contributed by atoms with Gasteiger partial charge in [0.1, 0.15) is 0 Å². The van der Waals surface area contributed by atoms with E-state index >= 15 is 0 Å². The number of aliphatic hydroxyl groups excluding tert-OH is 1. The van der Waals surface area contributed by atoms with Gasteiger partial charge >= 0.3 is 0 Å². The Morgan fingerprint density at radius 3 is 2.88 bits per heavy atom. The SMILES string of the molecule is O=C(NCCC(O)CN1CCc2ccccc2C1)c1cccnc1. The van der Waals surface area contributed by atoms with Crippen LogP contribution in [0.15, 0.2) is 48.8 Å². The summed E-state index contributed by atoms with van der Waals surface area (Å²) in [6, 6.07) is 11.9. The molecule has 24 heavy (non-hydrogen) atoms. The lowest BCUT2D eigenvalue weighted by molar-refractivity contribution is 0.0892. The van der Waals surface area contributed by atoms with Crippen LogP contribution in [0.4, 0.5) is 0 Å². The summed E-state index contributed by atoms with van der Waals surface area (Å²) in [4.78, 5) is 18.1. The van der Waals surface area contributed by atoms with E-state index in [-0.39, 0.29) is 5.91 Å². The Morgan fingerprint density at radius 2 is 2.08 bits per heavy atom. The summed E-state index contributed by atoms with van der Waals surface area (Å²) in [5, 5.41) is 13.1. The summed E-state index contributed by atoms with van der Waals surface area (Å²) >= 11 is 0. The average Bonchev–Trinajstić information content (AvgIpc) is 2.62. The summed E-state index contributed by atoms with van der Waals surface area (Å²) in [6.45, 7) is 2.95. The van der Waals surface area contributed by atoms with E-state index in [0.717, 1.165) is 19.5 Å². The summed E-state index contributed by atoms with van der Waals surface area (Å²) in [5.41, 5.74) is 3.30. The lowest BCUT2D eigenvalue weighted by Crippen LogP contribution is -2.38. The van der Waals surface area contributed by atoms with Gasteiger partial charge in [0, 0.05) is 38.6 Å². The van der Waals surface area contributed by atoms with Crippen molar-refractivity contribution in [3.8, 4) is 0 Å². The molecule has 2 aromatic rings. The van der Waals surface area contributed by atoms with E-state index in [9.17, 15) is 9.90 Å². The fraction of sp³-hybridized carbons (Fsp3) is 0.368. The molecule has 0 saturated carbocycles. The van der Waals surface area contributed by atoms with Crippen LogP contribution in [0.5, 0.6) is 0 Å². The zero-order valence-electron chi connectivity index (χ0n) is 13.7. The normalized spacial score (nSPS) is 15.5. The molecule has 1 aromatic heterocycles. The van der Waals surface area contributed by atoms with Crippen LogP contribution in [0.3, 0.4) is 0 Å². The first-order chi connectivity index (χ1) is 11.7. The topological polar surface area (TPSA) is 65.5 Å². The van der Waals surface area contributed by atoms with E-state index in [1.807, 2.05) is 0 Å². The van der Waals surface area contributed by atoms with Gasteiger partial charge in [-0.05, 0) is 36.1 Å². The van der Waals surface area contributed by atoms with Gasteiger partial charge in [-0.3, -0.25) is 14.7 Å². The number of amides is 1. The Hall–Kier alpha value is -2.24. The van der Waals surface area contributed by atoms with Crippen molar-refractivity contribution in [3.63, 3.8) is 0 Å². The molecule has 5 nitrogen and oxygen atoms in total. The number of rotatable bonds is 6. The molecule has 1 aliphatic heterocycles. The summed E-state index contributed by atoms with van der Waals surface area (Å²) in [7, 11) is 0. The number of aromatic nitrogens is 1. The lowest BCUT2D eigenvalue weighted by atomic mass is 9.99. The number of nitrogens with one attached hydrogen (secondary N) is 1. The quantitative estimate of drug-likeness (QED) is 0.847. The molecule has 1 unspecified atom stereocenters. The Morgan fingerprint density at radius 1 is 1.25 bits per heavy atom. The molecule has 0 radical (unpaired) electrons. The molecule has 1 aromatic carbocycles. The highest BCUT2D eigenvalue weighted by atomic mass is 16.3. The molecule has 0 saturated heterocycles. The molecule has 1 aliphatic rings. The van der Waals surface area contributed by atoms with Gasteiger partial charge in [-0.1, -0.05) is 24.3 Å². The Kier molecular flexibility index (Phi) is 5.56. The van der Waals surface area contributed by atoms with Crippen molar-refractivity contribution >= 4 is 5.91 Å². The molecule has 0 aliphatic carbocycles. The first-order valence-corrected chi connectivity index (χ1v) is 8.38. The van der Waals surface area contributed by atoms with E-state index in [4.69, 9.17) is 0 Å². The largest absolute Gasteiger partial charge is 0.392 e. The number of pyridine rings is 1. The number of fused-ring (bicyclic) bond motifs is 1. The zero-order chi connectivity index (χ0) is 16.8. The van der Waals surface area contributed by atoms with E-state index < -0.39 is 6.10 Å². The number of carbonyl (C=O) groups is 1. The highest BCUT2D eigenvalue weighted by Crippen LogP contribution is 2.18. The van der Waals surface area contributed by atoms with Crippen molar-refractivity contribution in [2.24, 2.45) is 0 Å². The second-order valence-electron chi connectivity index (χ2n) is 6.19. The van der Waals surface area contributed by atoms with Crippen LogP contribution in [0.2, 0.25) is 0 Å². The Balaban J connectivity index is 1.40. The number of β-amino-alcohol motifs (C(OH)–C–C–N with tert-alkyl or cyclic N) is 1. The van der Waals surface area contributed by atoms with Gasteiger partial charge in [0.2, 0.25) is 0 Å². The second-order valence-corrected chi connectivity index (χ2v) is 6.19. The molecule has 2 heterocycles. The molecule has 1 amide bonds. The summed E-state index contributed by atoms with van der Waals surface area (Å²) in [5.74, 6) is -0.151. The molecule has 0 bridgehead atoms. The van der Waals surface area contributed by atoms with Crippen molar-refractivity contribution in [1.82, 2.24) is 15.2 Å². The van der Waals surface area contributed by atoms with Gasteiger partial charge in [-0.2, -0.15) is 0 Å². The maximum atomic E-state index is 11.9. The lowest BCUT2D eigenvalue weighted by Gasteiger charge is -2.30. The van der Waals surface area contributed by atoms with E-state index in [2.05, 4.69) is 39.5 Å². The van der Waals surface area contributed by atoms with Gasteiger partial charge in [0.15, 0.2) is 0 Å². The maximum absolute atomic E-state index is 11.9. The van der Waals surface area contributed by atoms with E-state index in [1.165, 1.54) is 17.3 Å². The van der Waals surface area contributed by atoms with Crippen LogP contribution in [0, 0.1) is 0 Å². The highest BCUT2D eigenvalue weighted by molar-refractivity contribution is 5.93. The zero-order valence-corrected chi connectivity index (χ0v) is 13.7. The first kappa shape index (κ1) is 16.6. The third-order valence-corrected chi connectivity index (χ3v) is 4.37. The van der Waals surface area contributed by atoms with Crippen LogP contribution in [0.25, 0.3) is 0 Å². The molecule has 126 valence electrons. The monoisotopic (exact) mass is 325 g/mol. The number of hydrogen-bond donors (Lipinski definition) is 2. The number of nitrogens with zero attached hydrogens (tertiary/aromatic N) is 2. The van der Waals surface area contributed by atoms with Crippen molar-refractivity contribution in [3.05, 3.63) is 65.5 Å². The first-order valence-electron chi connectivity index (χ1n) is 8.38. The van der Waals surface area contributed by atoms with Crippen molar-refractivity contribution in [2.45, 2.75) is 25.5 Å². The van der Waals surface area contributed by atoms with Gasteiger partial charge < -0.3 is 10.4 Å². The molecular formula is C19H23N3O2. The Bertz CT molecular complexity index is 675. The van der Waals surface area contributed by atoms with Gasteiger partial charge in [-0.25, -0.2) is 0 Å². The third kappa shape index (κ3) is 4.40. The minimum absolute atomic E-state index is 0.151. The average molecular weight is 325 g/mol. The fourth-order valence-electron chi connectivity index (χ4n) is 3.05. The highest BCUT2D eigenvalue weighted by Gasteiger charge is 2.18. The third-order valence-electron chi connectivity index (χ3n) is 4.37. The van der Waals surface area contributed by atoms with Gasteiger partial charge in [0.25, 0.3) is 5.91 Å². The molecule has 3 rings (SSSR count). The van der Waals surface area contributed by atoms with Gasteiger partial charge in [-0.15, -0.1) is 0 Å². The minimum Gasteiger partial charge on any atom is -0.392 e. The van der Waals surface area contributed by atoms with E-state index in [0.29, 0.717) is 25.1 Å². The molecule has 0 fully saturated rings. The van der Waals surface area contributed by atoms with Crippen LogP contribution < -0.4 is 5.32 Å². The maximum Gasteiger partial charge on any atom is 0.252 e. The standard InChI is InChI=1S/C19H23N3O2/c23-18(7-10-21-19(24)16-6-3-9-20-12-16)14-22-11-8-15-4-1-2-5-17(15)13-22/h1-6,9,12,18,23H,7-8,10-11,13-14H2,(H,21,24). The smallest absolute Gasteiger partial charge is 0.252 e. The summed E-state index contributed by atoms with van der Waals surface area (Å²) < 4.78 is 0. The van der Waals surface area contributed by atoms with Crippen LogP contribution >= 0.6 is 0 Å². The molecule has 2 N–H and O–H groups in total. The predicted octanol–water partition coefficient (Wildman–Crippen LogP) is 1.62. The van der Waals surface area contributed by atoms with Crippen LogP contribution in [0.1, 0.15) is 27.9 Å². The predicted molar refractivity (Wildman–Crippen MR) is 92.6 cm³/mol. The van der Waals surface area contributed by atoms with Crippen molar-refractivity contribution in [2.75, 3.05) is 19.6 Å². The van der Waals surface area contributed by atoms with E-state index in [1.54, 1.807) is 18.3 Å². The molecular weight excluding hydrogens is 302 g/mol. The second kappa shape index (κ2) is 8.04. The molecule has 5 heteroatoms. The number of hydrogen-bond acceptors (Lipinski definition) is 4. The minimum atomic E-state index is -0.440. The number of aliphatic hydroxyl groups is 1. The van der Waals surface area contributed by atoms with Crippen LogP contribution in [-0.2, 0) is 13.0 Å². The Labute approximate surface area is 142 Å². The van der Waals surface area contributed by atoms with Crippen molar-refractivity contribution in [1.29, 1.82) is 0 Å². The number of benzene rings is 1. The fourth-order valence-corrected chi connectivity index (χ4v) is 3.05. The summed E-state index contributed by atoms with van der Waals surface area (Å²) in [6.07, 6.45) is 4.31.